The topological polar surface area (TPSA) is 32.3 Å². The predicted molar refractivity (Wildman–Crippen MR) is 72.2 cm³/mol. The van der Waals surface area contributed by atoms with Crippen molar-refractivity contribution in [2.75, 3.05) is 26.2 Å². The summed E-state index contributed by atoms with van der Waals surface area (Å²) >= 11 is 0. The average molecular weight is 250 g/mol. The van der Waals surface area contributed by atoms with E-state index in [2.05, 4.69) is 17.1 Å². The van der Waals surface area contributed by atoms with E-state index in [9.17, 15) is 4.79 Å². The van der Waals surface area contributed by atoms with Gasteiger partial charge in [-0.25, -0.2) is 0 Å². The van der Waals surface area contributed by atoms with Crippen molar-refractivity contribution in [1.82, 2.24) is 10.2 Å². The van der Waals surface area contributed by atoms with Gasteiger partial charge in [0.2, 0.25) is 5.91 Å². The van der Waals surface area contributed by atoms with Crippen LogP contribution in [0.1, 0.15) is 45.4 Å². The van der Waals surface area contributed by atoms with Gasteiger partial charge in [-0.1, -0.05) is 13.3 Å². The second kappa shape index (κ2) is 4.84. The Bertz CT molecular complexity index is 310. The molecule has 1 atom stereocenters. The summed E-state index contributed by atoms with van der Waals surface area (Å²) in [5.41, 5.74) is 0.00174. The normalized spacial score (nSPS) is 32.3. The minimum atomic E-state index is 0.00174. The van der Waals surface area contributed by atoms with E-state index in [1.54, 1.807) is 0 Å². The number of piperidine rings is 1. The third-order valence-corrected chi connectivity index (χ3v) is 5.57. The Morgan fingerprint density at radius 1 is 1.17 bits per heavy atom. The van der Waals surface area contributed by atoms with Crippen LogP contribution in [0.2, 0.25) is 0 Å². The van der Waals surface area contributed by atoms with Crippen molar-refractivity contribution in [1.29, 1.82) is 0 Å². The molecular weight excluding hydrogens is 224 g/mol. The standard InChI is InChI=1S/C15H26N2O/c1-15(6-2-7-15)14(18)17-9-4-12(5-10-17)13-3-8-16-11-13/h12-13,16H,2-11H2,1H3. The molecule has 1 unspecified atom stereocenters. The van der Waals surface area contributed by atoms with Crippen LogP contribution in [0.25, 0.3) is 0 Å². The van der Waals surface area contributed by atoms with Gasteiger partial charge < -0.3 is 10.2 Å². The third-order valence-electron chi connectivity index (χ3n) is 5.57. The summed E-state index contributed by atoms with van der Waals surface area (Å²) in [6, 6.07) is 0. The number of nitrogens with one attached hydrogen (secondary N) is 1. The molecule has 2 saturated heterocycles. The number of carbonyl (C=O) groups is 1. The molecule has 0 bridgehead atoms. The monoisotopic (exact) mass is 250 g/mol. The van der Waals surface area contributed by atoms with Gasteiger partial charge in [0.25, 0.3) is 0 Å². The molecule has 0 aromatic rings. The van der Waals surface area contributed by atoms with Crippen molar-refractivity contribution < 1.29 is 4.79 Å². The van der Waals surface area contributed by atoms with Gasteiger partial charge >= 0.3 is 0 Å². The van der Waals surface area contributed by atoms with Crippen LogP contribution in [0.15, 0.2) is 0 Å². The van der Waals surface area contributed by atoms with E-state index in [4.69, 9.17) is 0 Å². The van der Waals surface area contributed by atoms with Gasteiger partial charge in [-0.15, -0.1) is 0 Å². The van der Waals surface area contributed by atoms with Crippen LogP contribution in [0, 0.1) is 17.3 Å². The molecule has 1 N–H and O–H groups in total. The summed E-state index contributed by atoms with van der Waals surface area (Å²) in [6.07, 6.45) is 7.27. The molecule has 3 fully saturated rings. The number of nitrogens with zero attached hydrogens (tertiary/aromatic N) is 1. The molecular formula is C15H26N2O. The number of hydrogen-bond donors (Lipinski definition) is 1. The lowest BCUT2D eigenvalue weighted by Gasteiger charge is -2.43. The van der Waals surface area contributed by atoms with Crippen molar-refractivity contribution in [3.63, 3.8) is 0 Å². The first kappa shape index (κ1) is 12.5. The second-order valence-corrected chi connectivity index (χ2v) is 6.80. The minimum absolute atomic E-state index is 0.00174. The molecule has 0 radical (unpaired) electrons. The zero-order valence-electron chi connectivity index (χ0n) is 11.6. The Balaban J connectivity index is 1.51. The molecule has 3 heteroatoms. The first-order valence-corrected chi connectivity index (χ1v) is 7.69. The zero-order chi connectivity index (χ0) is 12.6. The van der Waals surface area contributed by atoms with Crippen molar-refractivity contribution in [3.05, 3.63) is 0 Å². The lowest BCUT2D eigenvalue weighted by atomic mass is 9.69. The maximum Gasteiger partial charge on any atom is 0.228 e. The first-order valence-electron chi connectivity index (χ1n) is 7.69. The maximum absolute atomic E-state index is 12.4. The Morgan fingerprint density at radius 3 is 2.39 bits per heavy atom. The van der Waals surface area contributed by atoms with E-state index < -0.39 is 0 Å². The van der Waals surface area contributed by atoms with Crippen molar-refractivity contribution in [3.8, 4) is 0 Å². The van der Waals surface area contributed by atoms with Gasteiger partial charge in [0.1, 0.15) is 0 Å². The zero-order valence-corrected chi connectivity index (χ0v) is 11.6. The molecule has 3 nitrogen and oxygen atoms in total. The molecule has 0 aromatic carbocycles. The second-order valence-electron chi connectivity index (χ2n) is 6.80. The van der Waals surface area contributed by atoms with Gasteiger partial charge in [-0.3, -0.25) is 4.79 Å². The van der Waals surface area contributed by atoms with Crippen LogP contribution < -0.4 is 5.32 Å². The van der Waals surface area contributed by atoms with Gasteiger partial charge in [0.15, 0.2) is 0 Å². The number of amides is 1. The van der Waals surface area contributed by atoms with Crippen LogP contribution >= 0.6 is 0 Å². The first-order chi connectivity index (χ1) is 8.69. The quantitative estimate of drug-likeness (QED) is 0.813. The largest absolute Gasteiger partial charge is 0.342 e. The van der Waals surface area contributed by atoms with Gasteiger partial charge in [0.05, 0.1) is 0 Å². The van der Waals surface area contributed by atoms with Crippen molar-refractivity contribution >= 4 is 5.91 Å². The fourth-order valence-corrected chi connectivity index (χ4v) is 3.96. The lowest BCUT2D eigenvalue weighted by Crippen LogP contribution is -2.49. The molecule has 2 aliphatic heterocycles. The fraction of sp³-hybridized carbons (Fsp3) is 0.933. The summed E-state index contributed by atoms with van der Waals surface area (Å²) in [7, 11) is 0. The fourth-order valence-electron chi connectivity index (χ4n) is 3.96. The third kappa shape index (κ3) is 2.18. The summed E-state index contributed by atoms with van der Waals surface area (Å²) in [4.78, 5) is 14.6. The highest BCUT2D eigenvalue weighted by molar-refractivity contribution is 5.83. The summed E-state index contributed by atoms with van der Waals surface area (Å²) in [6.45, 7) is 6.58. The Kier molecular flexibility index (Phi) is 3.35. The highest BCUT2D eigenvalue weighted by Crippen LogP contribution is 2.42. The Morgan fingerprint density at radius 2 is 1.89 bits per heavy atom. The molecule has 2 heterocycles. The van der Waals surface area contributed by atoms with Crippen LogP contribution in [0.3, 0.4) is 0 Å². The van der Waals surface area contributed by atoms with Gasteiger partial charge in [-0.2, -0.15) is 0 Å². The van der Waals surface area contributed by atoms with Crippen LogP contribution in [-0.2, 0) is 4.79 Å². The Hall–Kier alpha value is -0.570. The highest BCUT2D eigenvalue weighted by Gasteiger charge is 2.42. The van der Waals surface area contributed by atoms with E-state index >= 15 is 0 Å². The van der Waals surface area contributed by atoms with E-state index in [1.165, 1.54) is 38.8 Å². The van der Waals surface area contributed by atoms with E-state index in [0.29, 0.717) is 5.91 Å². The average Bonchev–Trinajstić information content (AvgIpc) is 2.89. The molecule has 102 valence electrons. The molecule has 0 spiro atoms. The molecule has 3 aliphatic rings. The molecule has 3 rings (SSSR count). The summed E-state index contributed by atoms with van der Waals surface area (Å²) in [5, 5.41) is 3.47. The SMILES string of the molecule is CC1(C(=O)N2CCC(C3CCNC3)CC2)CCC1. The molecule has 1 aliphatic carbocycles. The Labute approximate surface area is 110 Å². The molecule has 1 saturated carbocycles. The van der Waals surface area contributed by atoms with E-state index in [-0.39, 0.29) is 5.41 Å². The smallest absolute Gasteiger partial charge is 0.228 e. The molecule has 0 aromatic heterocycles. The summed E-state index contributed by atoms with van der Waals surface area (Å²) in [5.74, 6) is 2.18. The van der Waals surface area contributed by atoms with Gasteiger partial charge in [0, 0.05) is 18.5 Å². The van der Waals surface area contributed by atoms with Crippen LogP contribution in [0.5, 0.6) is 0 Å². The van der Waals surface area contributed by atoms with Crippen LogP contribution in [0.4, 0.5) is 0 Å². The maximum atomic E-state index is 12.4. The van der Waals surface area contributed by atoms with Crippen molar-refractivity contribution in [2.24, 2.45) is 17.3 Å². The molecule has 18 heavy (non-hydrogen) atoms. The van der Waals surface area contributed by atoms with Gasteiger partial charge in [-0.05, 0) is 57.0 Å². The van der Waals surface area contributed by atoms with Crippen LogP contribution in [-0.4, -0.2) is 37.0 Å². The molecule has 1 amide bonds. The van der Waals surface area contributed by atoms with E-state index in [0.717, 1.165) is 37.8 Å². The van der Waals surface area contributed by atoms with E-state index in [1.807, 2.05) is 0 Å². The number of carbonyl (C=O) groups excluding carboxylic acids is 1. The lowest BCUT2D eigenvalue weighted by molar-refractivity contribution is -0.147. The number of hydrogen-bond acceptors (Lipinski definition) is 2. The summed E-state index contributed by atoms with van der Waals surface area (Å²) < 4.78 is 0. The number of likely N-dealkylation sites (tertiary alicyclic amines) is 1. The predicted octanol–water partition coefficient (Wildman–Crippen LogP) is 2.02. The highest BCUT2D eigenvalue weighted by atomic mass is 16.2. The minimum Gasteiger partial charge on any atom is -0.342 e. The van der Waals surface area contributed by atoms with Crippen molar-refractivity contribution in [2.45, 2.75) is 45.4 Å². The number of rotatable bonds is 2.